The molecule has 5 rings (SSSR count). The highest BCUT2D eigenvalue weighted by atomic mass is 32.1. The third-order valence-electron chi connectivity index (χ3n) is 4.75. The summed E-state index contributed by atoms with van der Waals surface area (Å²) < 4.78 is 21.6. The molecule has 2 amide bonds. The predicted molar refractivity (Wildman–Crippen MR) is 122 cm³/mol. The fourth-order valence-electron chi connectivity index (χ4n) is 3.17. The van der Waals surface area contributed by atoms with Crippen molar-refractivity contribution in [3.05, 3.63) is 89.2 Å². The van der Waals surface area contributed by atoms with Crippen molar-refractivity contribution in [2.75, 3.05) is 17.4 Å². The van der Waals surface area contributed by atoms with Crippen molar-refractivity contribution in [3.8, 4) is 17.2 Å². The second-order valence-electron chi connectivity index (χ2n) is 7.05. The Hall–Kier alpha value is -4.24. The number of amides is 2. The standard InChI is InChI=1S/C24H18N2O6S/c27-23(19-5-2-10-29-19)26-22-9-8-21(33-22)24(28)25-16-4-1-3-15(11-16)13-30-17-6-7-18-20(12-17)32-14-31-18/h1-12H,13-14H2,(H,25,28)(H,26,27). The molecule has 0 saturated carbocycles. The van der Waals surface area contributed by atoms with E-state index in [0.29, 0.717) is 39.4 Å². The molecule has 0 radical (unpaired) electrons. The Balaban J connectivity index is 1.18. The van der Waals surface area contributed by atoms with Crippen molar-refractivity contribution in [2.45, 2.75) is 6.61 Å². The van der Waals surface area contributed by atoms with E-state index in [2.05, 4.69) is 10.6 Å². The molecule has 1 aliphatic rings. The zero-order chi connectivity index (χ0) is 22.6. The lowest BCUT2D eigenvalue weighted by atomic mass is 10.2. The molecule has 0 aliphatic carbocycles. The number of furan rings is 1. The summed E-state index contributed by atoms with van der Waals surface area (Å²) in [6, 6.07) is 19.4. The Morgan fingerprint density at radius 3 is 2.70 bits per heavy atom. The van der Waals surface area contributed by atoms with Crippen LogP contribution in [0.5, 0.6) is 17.2 Å². The zero-order valence-electron chi connectivity index (χ0n) is 17.2. The van der Waals surface area contributed by atoms with Gasteiger partial charge in [-0.2, -0.15) is 0 Å². The molecule has 166 valence electrons. The molecule has 2 aromatic carbocycles. The van der Waals surface area contributed by atoms with Crippen LogP contribution in [0.1, 0.15) is 25.8 Å². The average molecular weight is 462 g/mol. The first kappa shape index (κ1) is 20.7. The Bertz CT molecular complexity index is 1300. The molecule has 4 aromatic rings. The van der Waals surface area contributed by atoms with Gasteiger partial charge in [0.25, 0.3) is 11.8 Å². The topological polar surface area (TPSA) is 99.0 Å². The maximum Gasteiger partial charge on any atom is 0.291 e. The number of benzene rings is 2. The van der Waals surface area contributed by atoms with Crippen LogP contribution in [0.3, 0.4) is 0 Å². The van der Waals surface area contributed by atoms with Crippen LogP contribution >= 0.6 is 11.3 Å². The molecular weight excluding hydrogens is 444 g/mol. The fourth-order valence-corrected chi connectivity index (χ4v) is 3.97. The molecule has 0 bridgehead atoms. The summed E-state index contributed by atoms with van der Waals surface area (Å²) in [5.74, 6) is 1.58. The number of nitrogens with one attached hydrogen (secondary N) is 2. The van der Waals surface area contributed by atoms with E-state index in [4.69, 9.17) is 18.6 Å². The summed E-state index contributed by atoms with van der Waals surface area (Å²) in [5, 5.41) is 6.13. The molecule has 3 heterocycles. The molecule has 0 unspecified atom stereocenters. The molecular formula is C24H18N2O6S. The summed E-state index contributed by atoms with van der Waals surface area (Å²) in [7, 11) is 0. The Morgan fingerprint density at radius 1 is 0.909 bits per heavy atom. The first-order valence-corrected chi connectivity index (χ1v) is 10.8. The smallest absolute Gasteiger partial charge is 0.291 e. The summed E-state index contributed by atoms with van der Waals surface area (Å²) in [4.78, 5) is 25.2. The number of rotatable bonds is 7. The number of thiophene rings is 1. The van der Waals surface area contributed by atoms with Crippen LogP contribution in [0.25, 0.3) is 0 Å². The van der Waals surface area contributed by atoms with Gasteiger partial charge in [-0.25, -0.2) is 0 Å². The highest BCUT2D eigenvalue weighted by Crippen LogP contribution is 2.35. The minimum absolute atomic E-state index is 0.203. The van der Waals surface area contributed by atoms with Crippen molar-refractivity contribution in [1.29, 1.82) is 0 Å². The van der Waals surface area contributed by atoms with Gasteiger partial charge in [0, 0.05) is 11.8 Å². The number of fused-ring (bicyclic) bond motifs is 1. The van der Waals surface area contributed by atoms with Gasteiger partial charge in [-0.1, -0.05) is 12.1 Å². The summed E-state index contributed by atoms with van der Waals surface area (Å²) in [6.45, 7) is 0.536. The maximum atomic E-state index is 12.7. The number of ether oxygens (including phenoxy) is 3. The fraction of sp³-hybridized carbons (Fsp3) is 0.0833. The van der Waals surface area contributed by atoms with Crippen LogP contribution in [0.4, 0.5) is 10.7 Å². The number of hydrogen-bond donors (Lipinski definition) is 2. The van der Waals surface area contributed by atoms with E-state index < -0.39 is 0 Å². The van der Waals surface area contributed by atoms with Crippen LogP contribution in [-0.2, 0) is 6.61 Å². The monoisotopic (exact) mass is 462 g/mol. The minimum Gasteiger partial charge on any atom is -0.489 e. The summed E-state index contributed by atoms with van der Waals surface area (Å²) in [6.07, 6.45) is 1.43. The Labute approximate surface area is 192 Å². The molecule has 33 heavy (non-hydrogen) atoms. The molecule has 1 aliphatic heterocycles. The van der Waals surface area contributed by atoms with Crippen molar-refractivity contribution in [2.24, 2.45) is 0 Å². The van der Waals surface area contributed by atoms with E-state index in [1.54, 1.807) is 42.5 Å². The first-order valence-electron chi connectivity index (χ1n) is 10.0. The van der Waals surface area contributed by atoms with Gasteiger partial charge in [-0.3, -0.25) is 9.59 Å². The lowest BCUT2D eigenvalue weighted by Gasteiger charge is -2.09. The van der Waals surface area contributed by atoms with Gasteiger partial charge in [-0.05, 0) is 54.1 Å². The lowest BCUT2D eigenvalue weighted by Crippen LogP contribution is -2.11. The van der Waals surface area contributed by atoms with Gasteiger partial charge in [0.15, 0.2) is 17.3 Å². The molecule has 2 N–H and O–H groups in total. The molecule has 8 nitrogen and oxygen atoms in total. The second-order valence-corrected chi connectivity index (χ2v) is 8.14. The van der Waals surface area contributed by atoms with Crippen LogP contribution in [0.15, 0.2) is 77.4 Å². The quantitative estimate of drug-likeness (QED) is 0.394. The van der Waals surface area contributed by atoms with Gasteiger partial charge in [0.2, 0.25) is 6.79 Å². The van der Waals surface area contributed by atoms with Gasteiger partial charge in [0.05, 0.1) is 16.1 Å². The highest BCUT2D eigenvalue weighted by Gasteiger charge is 2.15. The third-order valence-corrected chi connectivity index (χ3v) is 5.75. The Morgan fingerprint density at radius 2 is 1.82 bits per heavy atom. The molecule has 2 aromatic heterocycles. The minimum atomic E-state index is -0.371. The predicted octanol–water partition coefficient (Wildman–Crippen LogP) is 5.15. The Kier molecular flexibility index (Phi) is 5.69. The van der Waals surface area contributed by atoms with Crippen molar-refractivity contribution >= 4 is 33.8 Å². The summed E-state index contributed by atoms with van der Waals surface area (Å²) >= 11 is 1.17. The SMILES string of the molecule is O=C(Nc1ccc(C(=O)Nc2cccc(COc3ccc4c(c3)OCO4)c2)s1)c1ccco1. The van der Waals surface area contributed by atoms with Crippen LogP contribution < -0.4 is 24.8 Å². The second kappa shape index (κ2) is 9.09. The lowest BCUT2D eigenvalue weighted by molar-refractivity contribution is 0.0995. The molecule has 0 saturated heterocycles. The van der Waals surface area contributed by atoms with Gasteiger partial charge in [-0.15, -0.1) is 11.3 Å². The van der Waals surface area contributed by atoms with E-state index >= 15 is 0 Å². The molecule has 0 atom stereocenters. The number of anilines is 2. The normalized spacial score (nSPS) is 11.8. The number of hydrogen-bond acceptors (Lipinski definition) is 7. The van der Waals surface area contributed by atoms with Crippen LogP contribution in [0.2, 0.25) is 0 Å². The van der Waals surface area contributed by atoms with E-state index in [9.17, 15) is 9.59 Å². The largest absolute Gasteiger partial charge is 0.489 e. The highest BCUT2D eigenvalue weighted by molar-refractivity contribution is 7.18. The van der Waals surface area contributed by atoms with E-state index in [1.165, 1.54) is 17.6 Å². The molecule has 9 heteroatoms. The average Bonchev–Trinajstić information content (AvgIpc) is 3.59. The van der Waals surface area contributed by atoms with Crippen molar-refractivity contribution < 1.29 is 28.2 Å². The van der Waals surface area contributed by atoms with Crippen LogP contribution in [0, 0.1) is 0 Å². The van der Waals surface area contributed by atoms with Gasteiger partial charge in [0.1, 0.15) is 12.4 Å². The van der Waals surface area contributed by atoms with Gasteiger partial charge >= 0.3 is 0 Å². The third kappa shape index (κ3) is 4.83. The zero-order valence-corrected chi connectivity index (χ0v) is 18.0. The number of carbonyl (C=O) groups excluding carboxylic acids is 2. The van der Waals surface area contributed by atoms with E-state index in [1.807, 2.05) is 24.3 Å². The van der Waals surface area contributed by atoms with Gasteiger partial charge < -0.3 is 29.3 Å². The van der Waals surface area contributed by atoms with Crippen molar-refractivity contribution in [1.82, 2.24) is 0 Å². The summed E-state index contributed by atoms with van der Waals surface area (Å²) in [5.41, 5.74) is 1.53. The molecule has 0 fully saturated rings. The number of carbonyl (C=O) groups is 2. The molecule has 0 spiro atoms. The first-order chi connectivity index (χ1) is 16.1. The maximum absolute atomic E-state index is 12.7. The van der Waals surface area contributed by atoms with Crippen molar-refractivity contribution in [3.63, 3.8) is 0 Å². The van der Waals surface area contributed by atoms with E-state index in [0.717, 1.165) is 5.56 Å². The van der Waals surface area contributed by atoms with E-state index in [-0.39, 0.29) is 24.4 Å². The van der Waals surface area contributed by atoms with Crippen LogP contribution in [-0.4, -0.2) is 18.6 Å².